The SMILES string of the molecule is NC(N)=N[C@H]1Oc2ccc(cc2)CC[C@@H](S(=O)(=O)O)[C@H](/C=C/[C@@H](O)c2ccc(O)cc2)Cc2ccc1cc2. The zero-order chi connectivity index (χ0) is 27.3. The van der Waals surface area contributed by atoms with E-state index in [1.165, 1.54) is 18.2 Å². The van der Waals surface area contributed by atoms with Crippen LogP contribution in [0, 0.1) is 5.92 Å². The van der Waals surface area contributed by atoms with Gasteiger partial charge in [-0.2, -0.15) is 8.42 Å². The van der Waals surface area contributed by atoms with Gasteiger partial charge in [0.1, 0.15) is 11.5 Å². The Morgan fingerprint density at radius 1 is 0.974 bits per heavy atom. The van der Waals surface area contributed by atoms with Crippen molar-refractivity contribution in [3.05, 3.63) is 107 Å². The van der Waals surface area contributed by atoms with Gasteiger partial charge in [-0.1, -0.05) is 60.7 Å². The maximum absolute atomic E-state index is 12.6. The van der Waals surface area contributed by atoms with Crippen molar-refractivity contribution in [2.75, 3.05) is 0 Å². The highest BCUT2D eigenvalue weighted by Gasteiger charge is 2.31. The normalized spacial score (nSPS) is 20.8. The van der Waals surface area contributed by atoms with Crippen LogP contribution < -0.4 is 16.2 Å². The maximum atomic E-state index is 12.6. The second-order valence-electron chi connectivity index (χ2n) is 9.29. The molecule has 0 radical (unpaired) electrons. The third-order valence-corrected chi connectivity index (χ3v) is 7.88. The summed E-state index contributed by atoms with van der Waals surface area (Å²) in [5.41, 5.74) is 14.2. The molecule has 3 aromatic carbocycles. The summed E-state index contributed by atoms with van der Waals surface area (Å²) < 4.78 is 41.4. The number of aliphatic hydroxyl groups is 1. The van der Waals surface area contributed by atoms with E-state index in [9.17, 15) is 23.2 Å². The number of nitrogens with two attached hydrogens (primary N) is 2. The largest absolute Gasteiger partial charge is 0.508 e. The Bertz CT molecular complexity index is 1380. The molecule has 0 aromatic heterocycles. The van der Waals surface area contributed by atoms with E-state index in [0.29, 0.717) is 23.3 Å². The number of hydrogen-bond acceptors (Lipinski definition) is 6. The van der Waals surface area contributed by atoms with E-state index in [2.05, 4.69) is 4.99 Å². The number of aliphatic imine (C=N–C) groups is 1. The van der Waals surface area contributed by atoms with Crippen LogP contribution >= 0.6 is 0 Å². The Morgan fingerprint density at radius 3 is 2.21 bits per heavy atom. The van der Waals surface area contributed by atoms with Gasteiger partial charge in [0.05, 0.1) is 11.4 Å². The highest BCUT2D eigenvalue weighted by molar-refractivity contribution is 7.86. The average molecular weight is 538 g/mol. The van der Waals surface area contributed by atoms with E-state index in [4.69, 9.17) is 16.2 Å². The Morgan fingerprint density at radius 2 is 1.61 bits per heavy atom. The number of aromatic hydroxyl groups is 1. The number of guanidine groups is 1. The van der Waals surface area contributed by atoms with Crippen molar-refractivity contribution in [1.29, 1.82) is 0 Å². The third kappa shape index (κ3) is 7.12. The fraction of sp³-hybridized carbons (Fsp3) is 0.250. The molecule has 4 heterocycles. The fourth-order valence-electron chi connectivity index (χ4n) is 4.51. The predicted octanol–water partition coefficient (Wildman–Crippen LogP) is 3.39. The van der Waals surface area contributed by atoms with Crippen LogP contribution in [-0.2, 0) is 23.0 Å². The number of benzene rings is 3. The minimum atomic E-state index is -4.43. The highest BCUT2D eigenvalue weighted by Crippen LogP contribution is 2.29. The maximum Gasteiger partial charge on any atom is 0.268 e. The molecule has 4 aliphatic heterocycles. The lowest BCUT2D eigenvalue weighted by Gasteiger charge is -2.23. The lowest BCUT2D eigenvalue weighted by atomic mass is 9.91. The topological polar surface area (TPSA) is 168 Å². The van der Waals surface area contributed by atoms with Crippen LogP contribution in [0.3, 0.4) is 0 Å². The first kappa shape index (κ1) is 27.2. The quantitative estimate of drug-likeness (QED) is 0.143. The molecule has 0 saturated carbocycles. The molecule has 10 heteroatoms. The molecule has 7 rings (SSSR count). The van der Waals surface area contributed by atoms with E-state index in [1.54, 1.807) is 42.5 Å². The second-order valence-corrected chi connectivity index (χ2v) is 10.9. The van der Waals surface area contributed by atoms with E-state index in [-0.39, 0.29) is 24.6 Å². The van der Waals surface area contributed by atoms with Crippen LogP contribution in [0.5, 0.6) is 11.5 Å². The number of allylic oxidation sites excluding steroid dienone is 1. The number of aryl methyl sites for hydroxylation is 1. The summed E-state index contributed by atoms with van der Waals surface area (Å²) in [6.07, 6.45) is 2.19. The summed E-state index contributed by atoms with van der Waals surface area (Å²) in [4.78, 5) is 4.20. The minimum Gasteiger partial charge on any atom is -0.508 e. The van der Waals surface area contributed by atoms with Gasteiger partial charge in [0, 0.05) is 11.5 Å². The first-order chi connectivity index (χ1) is 18.1. The standard InChI is InChI=1S/C28H31N3O6S/c29-28(30)31-27-21-6-1-19(2-7-21)17-22(10-15-25(33)20-8-11-23(32)12-9-20)26(38(34,35)36)16-5-18-3-13-24(37-27)14-4-18/h1-4,6-15,22,25-27,32-33H,5,16-17H2,(H4,29,30,31)(H,34,35,36)/b15-10+/t22-,25-,26-,27+/m1/s1. The lowest BCUT2D eigenvalue weighted by Crippen LogP contribution is -2.30. The molecule has 0 unspecified atom stereocenters. The van der Waals surface area contributed by atoms with Gasteiger partial charge in [0.2, 0.25) is 6.23 Å². The number of phenolic OH excluding ortho intramolecular Hbond substituents is 1. The molecule has 3 aromatic rings. The number of ether oxygens (including phenoxy) is 1. The molecular formula is C28H31N3O6S. The highest BCUT2D eigenvalue weighted by atomic mass is 32.2. The number of hydrogen-bond donors (Lipinski definition) is 5. The molecule has 200 valence electrons. The predicted molar refractivity (Wildman–Crippen MR) is 145 cm³/mol. The van der Waals surface area contributed by atoms with Gasteiger partial charge in [0.15, 0.2) is 5.96 Å². The van der Waals surface area contributed by atoms with Crippen LogP contribution in [0.25, 0.3) is 0 Å². The number of phenols is 1. The van der Waals surface area contributed by atoms with Crippen molar-refractivity contribution in [1.82, 2.24) is 0 Å². The Labute approximate surface area is 221 Å². The molecule has 4 aliphatic rings. The van der Waals surface area contributed by atoms with E-state index in [1.807, 2.05) is 24.3 Å². The molecule has 4 bridgehead atoms. The molecule has 9 nitrogen and oxygen atoms in total. The summed E-state index contributed by atoms with van der Waals surface area (Å²) in [5.74, 6) is -0.154. The summed E-state index contributed by atoms with van der Waals surface area (Å²) in [7, 11) is -4.43. The van der Waals surface area contributed by atoms with Gasteiger partial charge in [-0.15, -0.1) is 0 Å². The molecule has 38 heavy (non-hydrogen) atoms. The Kier molecular flexibility index (Phi) is 8.35. The van der Waals surface area contributed by atoms with Gasteiger partial charge in [0.25, 0.3) is 10.1 Å². The Hall–Kier alpha value is -3.86. The molecule has 0 fully saturated rings. The van der Waals surface area contributed by atoms with Crippen molar-refractivity contribution in [2.45, 2.75) is 36.8 Å². The van der Waals surface area contributed by atoms with Gasteiger partial charge < -0.3 is 26.4 Å². The number of nitrogens with zero attached hydrogens (tertiary/aromatic N) is 1. The van der Waals surface area contributed by atoms with Crippen molar-refractivity contribution in [3.63, 3.8) is 0 Å². The molecule has 0 aliphatic carbocycles. The summed E-state index contributed by atoms with van der Waals surface area (Å²) in [6, 6.07) is 20.5. The molecule has 0 amide bonds. The first-order valence-electron chi connectivity index (χ1n) is 12.1. The van der Waals surface area contributed by atoms with Crippen molar-refractivity contribution in [3.8, 4) is 11.5 Å². The molecular weight excluding hydrogens is 506 g/mol. The number of rotatable bonds is 5. The molecule has 0 spiro atoms. The number of aliphatic hydroxyl groups excluding tert-OH is 1. The van der Waals surface area contributed by atoms with Crippen LogP contribution in [0.4, 0.5) is 0 Å². The van der Waals surface area contributed by atoms with Crippen molar-refractivity contribution in [2.24, 2.45) is 22.4 Å². The zero-order valence-electron chi connectivity index (χ0n) is 20.6. The molecule has 0 saturated heterocycles. The zero-order valence-corrected chi connectivity index (χ0v) is 21.4. The van der Waals surface area contributed by atoms with Crippen molar-refractivity contribution < 1.29 is 27.9 Å². The van der Waals surface area contributed by atoms with Gasteiger partial charge in [-0.3, -0.25) is 4.55 Å². The van der Waals surface area contributed by atoms with Gasteiger partial charge in [-0.25, -0.2) is 4.99 Å². The van der Waals surface area contributed by atoms with Gasteiger partial charge >= 0.3 is 0 Å². The third-order valence-electron chi connectivity index (χ3n) is 6.53. The van der Waals surface area contributed by atoms with Crippen molar-refractivity contribution >= 4 is 16.1 Å². The smallest absolute Gasteiger partial charge is 0.268 e. The lowest BCUT2D eigenvalue weighted by molar-refractivity contribution is 0.216. The second kappa shape index (κ2) is 11.7. The monoisotopic (exact) mass is 537 g/mol. The summed E-state index contributed by atoms with van der Waals surface area (Å²) in [6.45, 7) is 0. The average Bonchev–Trinajstić information content (AvgIpc) is 2.88. The summed E-state index contributed by atoms with van der Waals surface area (Å²) in [5, 5.41) is 19.1. The molecule has 4 atom stereocenters. The summed E-state index contributed by atoms with van der Waals surface area (Å²) >= 11 is 0. The van der Waals surface area contributed by atoms with E-state index in [0.717, 1.165) is 11.1 Å². The van der Waals surface area contributed by atoms with Crippen LogP contribution in [0.1, 0.15) is 41.0 Å². The Balaban J connectivity index is 1.73. The van der Waals surface area contributed by atoms with E-state index < -0.39 is 33.6 Å². The first-order valence-corrected chi connectivity index (χ1v) is 13.6. The minimum absolute atomic E-state index is 0.0714. The molecule has 7 N–H and O–H groups in total. The van der Waals surface area contributed by atoms with Crippen LogP contribution in [0.15, 0.2) is 89.9 Å². The fourth-order valence-corrected chi connectivity index (χ4v) is 5.55. The van der Waals surface area contributed by atoms with Crippen LogP contribution in [0.2, 0.25) is 0 Å². The van der Waals surface area contributed by atoms with E-state index >= 15 is 0 Å². The van der Waals surface area contributed by atoms with Crippen LogP contribution in [-0.4, -0.2) is 34.4 Å². The van der Waals surface area contributed by atoms with Gasteiger partial charge in [-0.05, 0) is 60.2 Å².